The van der Waals surface area contributed by atoms with Gasteiger partial charge in [-0.25, -0.2) is 8.78 Å². The molecular weight excluding hydrogens is 164 g/mol. The normalized spacial score (nSPS) is 44.2. The maximum absolute atomic E-state index is 12.4. The molecule has 0 aromatic rings. The second-order valence-electron chi connectivity index (χ2n) is 4.06. The van der Waals surface area contributed by atoms with Gasteiger partial charge in [-0.3, -0.25) is 0 Å². The molecule has 3 aliphatic rings. The van der Waals surface area contributed by atoms with Crippen LogP contribution >= 0.6 is 0 Å². The van der Waals surface area contributed by atoms with Gasteiger partial charge in [-0.1, -0.05) is 0 Å². The number of aliphatic hydroxyl groups is 1. The highest BCUT2D eigenvalue weighted by atomic mass is 19.3. The van der Waals surface area contributed by atoms with Gasteiger partial charge in [0.05, 0.1) is 0 Å². The molecule has 0 radical (unpaired) electrons. The summed E-state index contributed by atoms with van der Waals surface area (Å²) in [6.45, 7) is 2.03. The van der Waals surface area contributed by atoms with Gasteiger partial charge >= 0.3 is 0 Å². The van der Waals surface area contributed by atoms with Crippen LogP contribution < -0.4 is 5.32 Å². The Labute approximate surface area is 70.0 Å². The van der Waals surface area contributed by atoms with Gasteiger partial charge in [0.25, 0.3) is 6.43 Å². The summed E-state index contributed by atoms with van der Waals surface area (Å²) >= 11 is 0. The first-order valence-corrected chi connectivity index (χ1v) is 4.27. The van der Waals surface area contributed by atoms with Gasteiger partial charge < -0.3 is 10.4 Å². The van der Waals surface area contributed by atoms with Gasteiger partial charge in [-0.15, -0.1) is 0 Å². The third kappa shape index (κ3) is 0.910. The number of hydrogen-bond donors (Lipinski definition) is 2. The van der Waals surface area contributed by atoms with Crippen LogP contribution in [-0.4, -0.2) is 29.7 Å². The molecule has 0 amide bonds. The highest BCUT2D eigenvalue weighted by Gasteiger charge is 2.58. The number of nitrogens with one attached hydrogen (secondary N) is 1. The van der Waals surface area contributed by atoms with Crippen molar-refractivity contribution in [2.24, 2.45) is 11.8 Å². The lowest BCUT2D eigenvalue weighted by Gasteiger charge is -2.44. The molecule has 3 rings (SSSR count). The minimum Gasteiger partial charge on any atom is -0.384 e. The Morgan fingerprint density at radius 2 is 2.25 bits per heavy atom. The van der Waals surface area contributed by atoms with E-state index in [9.17, 15) is 13.9 Å². The highest BCUT2D eigenvalue weighted by molar-refractivity contribution is 5.09. The van der Waals surface area contributed by atoms with E-state index in [1.54, 1.807) is 0 Å². The lowest BCUT2D eigenvalue weighted by atomic mass is 9.65. The third-order valence-electron chi connectivity index (χ3n) is 3.26. The Hall–Kier alpha value is -0.220. The van der Waals surface area contributed by atoms with Gasteiger partial charge in [0.1, 0.15) is 5.60 Å². The van der Waals surface area contributed by atoms with Crippen molar-refractivity contribution in [1.82, 2.24) is 5.32 Å². The molecule has 1 aliphatic carbocycles. The summed E-state index contributed by atoms with van der Waals surface area (Å²) in [6, 6.07) is 0.124. The quantitative estimate of drug-likeness (QED) is 0.647. The van der Waals surface area contributed by atoms with Crippen LogP contribution in [0.25, 0.3) is 0 Å². The third-order valence-corrected chi connectivity index (χ3v) is 3.26. The van der Waals surface area contributed by atoms with E-state index in [1.165, 1.54) is 6.92 Å². The molecule has 12 heavy (non-hydrogen) atoms. The summed E-state index contributed by atoms with van der Waals surface area (Å²) < 4.78 is 24.8. The fourth-order valence-electron chi connectivity index (χ4n) is 2.51. The fourth-order valence-corrected chi connectivity index (χ4v) is 2.51. The van der Waals surface area contributed by atoms with E-state index in [-0.39, 0.29) is 17.9 Å². The standard InChI is InChI=1S/C8H13F2NO/c1-8(12,7(9)10)6-4-2-5(6)11-3-4/h4-7,11-12H,2-3H2,1H3. The average Bonchev–Trinajstić information content (AvgIpc) is 2.41. The van der Waals surface area contributed by atoms with Crippen molar-refractivity contribution in [3.63, 3.8) is 0 Å². The zero-order chi connectivity index (χ0) is 8.93. The van der Waals surface area contributed by atoms with Crippen LogP contribution in [0.5, 0.6) is 0 Å². The van der Waals surface area contributed by atoms with E-state index in [0.717, 1.165) is 13.0 Å². The monoisotopic (exact) mass is 177 g/mol. The molecule has 0 aromatic carbocycles. The van der Waals surface area contributed by atoms with E-state index in [2.05, 4.69) is 5.32 Å². The number of alkyl halides is 2. The Bertz CT molecular complexity index is 181. The molecule has 4 atom stereocenters. The van der Waals surface area contributed by atoms with Crippen molar-refractivity contribution in [1.29, 1.82) is 0 Å². The smallest absolute Gasteiger partial charge is 0.266 e. The Balaban J connectivity index is 2.10. The second-order valence-corrected chi connectivity index (χ2v) is 4.06. The van der Waals surface area contributed by atoms with Crippen LogP contribution in [0.4, 0.5) is 8.78 Å². The summed E-state index contributed by atoms with van der Waals surface area (Å²) in [5.74, 6) is 0.0245. The zero-order valence-corrected chi connectivity index (χ0v) is 6.93. The second kappa shape index (κ2) is 2.39. The summed E-state index contributed by atoms with van der Waals surface area (Å²) in [6.07, 6.45) is -1.68. The molecule has 3 fully saturated rings. The first-order chi connectivity index (χ1) is 5.53. The molecule has 2 saturated heterocycles. The lowest BCUT2D eigenvalue weighted by molar-refractivity contribution is -0.151. The topological polar surface area (TPSA) is 32.3 Å². The Kier molecular flexibility index (Phi) is 1.67. The average molecular weight is 177 g/mol. The molecular formula is C8H13F2NO. The Morgan fingerprint density at radius 1 is 1.58 bits per heavy atom. The molecule has 70 valence electrons. The number of rotatable bonds is 2. The summed E-state index contributed by atoms with van der Waals surface area (Å²) in [5.41, 5.74) is -1.79. The van der Waals surface area contributed by atoms with E-state index < -0.39 is 12.0 Å². The van der Waals surface area contributed by atoms with Crippen molar-refractivity contribution in [3.8, 4) is 0 Å². The molecule has 4 heteroatoms. The van der Waals surface area contributed by atoms with Crippen molar-refractivity contribution in [3.05, 3.63) is 0 Å². The Morgan fingerprint density at radius 3 is 2.58 bits per heavy atom. The van der Waals surface area contributed by atoms with Crippen LogP contribution in [0.15, 0.2) is 0 Å². The molecule has 0 spiro atoms. The zero-order valence-electron chi connectivity index (χ0n) is 6.93. The maximum atomic E-state index is 12.4. The van der Waals surface area contributed by atoms with Crippen molar-refractivity contribution < 1.29 is 13.9 Å². The minimum absolute atomic E-state index is 0.124. The molecule has 2 N–H and O–H groups in total. The van der Waals surface area contributed by atoms with Gasteiger partial charge in [0.2, 0.25) is 0 Å². The number of fused-ring (bicyclic) bond motifs is 1. The van der Waals surface area contributed by atoms with Gasteiger partial charge in [-0.05, 0) is 25.8 Å². The van der Waals surface area contributed by atoms with Crippen molar-refractivity contribution in [2.45, 2.75) is 31.4 Å². The van der Waals surface area contributed by atoms with Crippen LogP contribution in [0.1, 0.15) is 13.3 Å². The first-order valence-electron chi connectivity index (χ1n) is 4.27. The SMILES string of the molecule is CC(O)(C(F)F)C1C2CNC1C2. The lowest BCUT2D eigenvalue weighted by Crippen LogP contribution is -2.55. The van der Waals surface area contributed by atoms with Gasteiger partial charge in [0, 0.05) is 12.0 Å². The predicted molar refractivity (Wildman–Crippen MR) is 40.0 cm³/mol. The van der Waals surface area contributed by atoms with E-state index >= 15 is 0 Å². The molecule has 2 nitrogen and oxygen atoms in total. The summed E-state index contributed by atoms with van der Waals surface area (Å²) in [7, 11) is 0. The molecule has 2 aliphatic heterocycles. The largest absolute Gasteiger partial charge is 0.384 e. The van der Waals surface area contributed by atoms with Gasteiger partial charge in [-0.2, -0.15) is 0 Å². The van der Waals surface area contributed by atoms with Crippen LogP contribution in [0.3, 0.4) is 0 Å². The van der Waals surface area contributed by atoms with Crippen LogP contribution in [-0.2, 0) is 0 Å². The van der Waals surface area contributed by atoms with Crippen LogP contribution in [0.2, 0.25) is 0 Å². The number of hydrogen-bond acceptors (Lipinski definition) is 2. The van der Waals surface area contributed by atoms with E-state index in [0.29, 0.717) is 0 Å². The van der Waals surface area contributed by atoms with E-state index in [1.807, 2.05) is 0 Å². The molecule has 4 unspecified atom stereocenters. The van der Waals surface area contributed by atoms with Gasteiger partial charge in [0.15, 0.2) is 0 Å². The van der Waals surface area contributed by atoms with E-state index in [4.69, 9.17) is 0 Å². The summed E-state index contributed by atoms with van der Waals surface area (Å²) in [5, 5.41) is 12.6. The number of halogens is 2. The first kappa shape index (κ1) is 8.38. The van der Waals surface area contributed by atoms with Crippen molar-refractivity contribution >= 4 is 0 Å². The molecule has 0 aromatic heterocycles. The predicted octanol–water partition coefficient (Wildman–Crippen LogP) is 0.610. The van der Waals surface area contributed by atoms with Crippen LogP contribution in [0, 0.1) is 11.8 Å². The van der Waals surface area contributed by atoms with Crippen molar-refractivity contribution in [2.75, 3.05) is 6.54 Å². The minimum atomic E-state index is -2.63. The molecule has 1 saturated carbocycles. The highest BCUT2D eigenvalue weighted by Crippen LogP contribution is 2.48. The maximum Gasteiger partial charge on any atom is 0.266 e. The molecule has 2 heterocycles. The summed E-state index contributed by atoms with van der Waals surface area (Å²) in [4.78, 5) is 0. The fraction of sp³-hybridized carbons (Fsp3) is 1.00. The molecule has 2 bridgehead atoms.